The number of aromatic carboxylic acids is 2. The number of anilines is 2. The van der Waals surface area contributed by atoms with E-state index < -0.39 is 17.8 Å². The lowest BCUT2D eigenvalue weighted by Crippen LogP contribution is -2.17. The maximum Gasteiger partial charge on any atom is 0.336 e. The van der Waals surface area contributed by atoms with Gasteiger partial charge in [0.2, 0.25) is 0 Å². The summed E-state index contributed by atoms with van der Waals surface area (Å²) in [6, 6.07) is 21.6. The largest absolute Gasteiger partial charge is 0.478 e. The van der Waals surface area contributed by atoms with E-state index in [9.17, 15) is 24.6 Å². The van der Waals surface area contributed by atoms with Crippen molar-refractivity contribution in [2.75, 3.05) is 10.8 Å². The van der Waals surface area contributed by atoms with Crippen LogP contribution in [0, 0.1) is 0 Å². The molecule has 0 aliphatic carbocycles. The molecule has 4 rings (SSSR count). The minimum atomic E-state index is -1.27. The lowest BCUT2D eigenvalue weighted by atomic mass is 10.0. The first-order chi connectivity index (χ1) is 20.8. The predicted octanol–water partition coefficient (Wildman–Crippen LogP) is 5.65. The highest BCUT2D eigenvalue weighted by atomic mass is 17.1. The van der Waals surface area contributed by atoms with Crippen molar-refractivity contribution in [2.45, 2.75) is 19.8 Å². The van der Waals surface area contributed by atoms with Crippen molar-refractivity contribution in [3.05, 3.63) is 118 Å². The maximum atomic E-state index is 12.8. The molecule has 0 atom stereocenters. The molecule has 0 bridgehead atoms. The van der Waals surface area contributed by atoms with E-state index in [2.05, 4.69) is 20.6 Å². The highest BCUT2D eigenvalue weighted by Crippen LogP contribution is 2.25. The second-order valence-corrected chi connectivity index (χ2v) is 9.02. The van der Waals surface area contributed by atoms with Crippen LogP contribution in [0.25, 0.3) is 0 Å². The summed E-state index contributed by atoms with van der Waals surface area (Å²) in [6.07, 6.45) is 0. The second kappa shape index (κ2) is 14.5. The van der Waals surface area contributed by atoms with Gasteiger partial charge in [-0.2, -0.15) is 0 Å². The van der Waals surface area contributed by atoms with Gasteiger partial charge in [-0.15, -0.1) is 0 Å². The van der Waals surface area contributed by atoms with Gasteiger partial charge in [-0.05, 0) is 89.5 Å². The molecule has 0 aliphatic heterocycles. The Morgan fingerprint density at radius 1 is 0.628 bits per heavy atom. The van der Waals surface area contributed by atoms with Crippen LogP contribution in [-0.2, 0) is 34.4 Å². The molecule has 0 saturated heterocycles. The first-order valence-corrected chi connectivity index (χ1v) is 12.6. The highest BCUT2D eigenvalue weighted by molar-refractivity contribution is 6.10. The Morgan fingerprint density at radius 3 is 1.88 bits per heavy atom. The van der Waals surface area contributed by atoms with Crippen molar-refractivity contribution in [1.82, 2.24) is 0 Å². The van der Waals surface area contributed by atoms with E-state index in [0.717, 1.165) is 0 Å². The van der Waals surface area contributed by atoms with E-state index in [1.54, 1.807) is 48.5 Å². The lowest BCUT2D eigenvalue weighted by Gasteiger charge is -2.12. The number of ether oxygens (including phenoxy) is 1. The number of carbonyl (C=O) groups is 3. The molecule has 43 heavy (non-hydrogen) atoms. The van der Waals surface area contributed by atoms with Gasteiger partial charge >= 0.3 is 11.9 Å². The van der Waals surface area contributed by atoms with E-state index in [4.69, 9.17) is 20.1 Å². The molecular weight excluding hydrogens is 564 g/mol. The SMILES string of the molecule is O=C(O)c1ccc(COO)c(CONc2ccc(Oc3ccc(NC(=O)c4cc(COO)ccc4C(=O)O)cc3)cc2)c1. The average Bonchev–Trinajstić information content (AvgIpc) is 3.00. The standard InChI is InChI=1S/C30H26N2O11/c33-28(27-13-18(15-41-38)1-12-26(27)30(36)37)31-22-4-8-24(9-5-22)43-25-10-6-23(7-11-25)32-40-16-21-14-19(29(34)35)2-3-20(21)17-42-39/h1-14,32,38-39H,15-17H2,(H,31,33)(H,34,35)(H,36,37). The van der Waals surface area contributed by atoms with Gasteiger partial charge in [0.15, 0.2) is 0 Å². The normalized spacial score (nSPS) is 10.7. The van der Waals surface area contributed by atoms with Crippen LogP contribution in [0.1, 0.15) is 47.8 Å². The smallest absolute Gasteiger partial charge is 0.336 e. The second-order valence-electron chi connectivity index (χ2n) is 9.02. The van der Waals surface area contributed by atoms with E-state index in [1.807, 2.05) is 0 Å². The first-order valence-electron chi connectivity index (χ1n) is 12.6. The maximum absolute atomic E-state index is 12.8. The molecule has 0 aliphatic rings. The van der Waals surface area contributed by atoms with E-state index in [-0.39, 0.29) is 36.5 Å². The third-order valence-electron chi connectivity index (χ3n) is 6.08. The number of amides is 1. The van der Waals surface area contributed by atoms with Crippen molar-refractivity contribution < 1.29 is 54.5 Å². The van der Waals surface area contributed by atoms with Crippen LogP contribution >= 0.6 is 0 Å². The van der Waals surface area contributed by atoms with Crippen LogP contribution in [-0.4, -0.2) is 38.6 Å². The van der Waals surface area contributed by atoms with Crippen LogP contribution in [0.15, 0.2) is 84.9 Å². The van der Waals surface area contributed by atoms with Crippen LogP contribution in [0.4, 0.5) is 11.4 Å². The molecular formula is C30H26N2O11. The molecule has 13 nitrogen and oxygen atoms in total. The Labute approximate surface area is 244 Å². The zero-order valence-corrected chi connectivity index (χ0v) is 22.4. The summed E-state index contributed by atoms with van der Waals surface area (Å²) in [5.74, 6) is -2.03. The van der Waals surface area contributed by atoms with Crippen LogP contribution in [0.3, 0.4) is 0 Å². The minimum absolute atomic E-state index is 0.00107. The molecule has 0 heterocycles. The van der Waals surface area contributed by atoms with E-state index >= 15 is 0 Å². The van der Waals surface area contributed by atoms with Gasteiger partial charge in [0.25, 0.3) is 5.91 Å². The number of carboxylic acid groups (broad SMARTS) is 2. The highest BCUT2D eigenvalue weighted by Gasteiger charge is 2.18. The topological polar surface area (TPSA) is 193 Å². The van der Waals surface area contributed by atoms with Crippen molar-refractivity contribution in [2.24, 2.45) is 0 Å². The minimum Gasteiger partial charge on any atom is -0.478 e. The van der Waals surface area contributed by atoms with Crippen LogP contribution < -0.4 is 15.5 Å². The molecule has 4 aromatic carbocycles. The van der Waals surface area contributed by atoms with Gasteiger partial charge in [0, 0.05) is 5.69 Å². The summed E-state index contributed by atoms with van der Waals surface area (Å²) in [5, 5.41) is 38.7. The van der Waals surface area contributed by atoms with Gasteiger partial charge in [-0.25, -0.2) is 19.4 Å². The Bertz CT molecular complexity index is 1590. The number of rotatable bonds is 14. The van der Waals surface area contributed by atoms with Gasteiger partial charge in [-0.3, -0.25) is 25.6 Å². The zero-order chi connectivity index (χ0) is 30.8. The summed E-state index contributed by atoms with van der Waals surface area (Å²) >= 11 is 0. The molecule has 222 valence electrons. The first kappa shape index (κ1) is 30.6. The summed E-state index contributed by atoms with van der Waals surface area (Å²) in [5.41, 5.74) is 5.04. The zero-order valence-electron chi connectivity index (χ0n) is 22.4. The van der Waals surface area contributed by atoms with E-state index in [1.165, 1.54) is 36.4 Å². The Kier molecular flexibility index (Phi) is 10.4. The Balaban J connectivity index is 1.33. The van der Waals surface area contributed by atoms with Gasteiger partial charge in [0.1, 0.15) is 31.3 Å². The van der Waals surface area contributed by atoms with Gasteiger partial charge in [-0.1, -0.05) is 12.1 Å². The third kappa shape index (κ3) is 8.36. The summed E-state index contributed by atoms with van der Waals surface area (Å²) in [4.78, 5) is 49.3. The summed E-state index contributed by atoms with van der Waals surface area (Å²) < 4.78 is 5.83. The third-order valence-corrected chi connectivity index (χ3v) is 6.08. The van der Waals surface area contributed by atoms with Crippen LogP contribution in [0.5, 0.6) is 11.5 Å². The molecule has 1 amide bonds. The summed E-state index contributed by atoms with van der Waals surface area (Å²) in [6.45, 7) is -0.332. The number of hydrogen-bond acceptors (Lipinski definition) is 10. The fraction of sp³-hybridized carbons (Fsp3) is 0.100. The fourth-order valence-corrected chi connectivity index (χ4v) is 3.96. The molecule has 6 N–H and O–H groups in total. The van der Waals surface area contributed by atoms with Crippen LogP contribution in [0.2, 0.25) is 0 Å². The number of benzene rings is 4. The molecule has 4 aromatic rings. The van der Waals surface area contributed by atoms with E-state index in [0.29, 0.717) is 39.6 Å². The lowest BCUT2D eigenvalue weighted by molar-refractivity contribution is -0.253. The predicted molar refractivity (Wildman–Crippen MR) is 151 cm³/mol. The van der Waals surface area contributed by atoms with Crippen molar-refractivity contribution >= 4 is 29.2 Å². The fourth-order valence-electron chi connectivity index (χ4n) is 3.96. The number of nitrogens with one attached hydrogen (secondary N) is 2. The van der Waals surface area contributed by atoms with Gasteiger partial charge in [0.05, 0.1) is 22.4 Å². The van der Waals surface area contributed by atoms with Crippen molar-refractivity contribution in [3.63, 3.8) is 0 Å². The molecule has 0 fully saturated rings. The van der Waals surface area contributed by atoms with Crippen molar-refractivity contribution in [1.29, 1.82) is 0 Å². The number of hydrogen-bond donors (Lipinski definition) is 6. The Hall–Kier alpha value is -5.31. The summed E-state index contributed by atoms with van der Waals surface area (Å²) in [7, 11) is 0. The molecule has 13 heteroatoms. The average molecular weight is 591 g/mol. The molecule has 0 radical (unpaired) electrons. The Morgan fingerprint density at radius 2 is 1.28 bits per heavy atom. The monoisotopic (exact) mass is 590 g/mol. The molecule has 0 aromatic heterocycles. The molecule has 0 unspecified atom stereocenters. The number of carboxylic acids is 2. The molecule has 0 saturated carbocycles. The number of carbonyl (C=O) groups excluding carboxylic acids is 1. The quantitative estimate of drug-likeness (QED) is 0.0782. The van der Waals surface area contributed by atoms with Crippen molar-refractivity contribution in [3.8, 4) is 11.5 Å². The van der Waals surface area contributed by atoms with Gasteiger partial charge < -0.3 is 20.3 Å². The molecule has 0 spiro atoms.